The second-order valence-electron chi connectivity index (χ2n) is 3.74. The molecule has 7 heteroatoms. The quantitative estimate of drug-likeness (QED) is 0.454. The molecule has 5 N–H and O–H groups in total. The molecule has 0 bridgehead atoms. The van der Waals surface area contributed by atoms with Crippen LogP contribution in [0.2, 0.25) is 0 Å². The van der Waals surface area contributed by atoms with Gasteiger partial charge >= 0.3 is 13.6 Å². The Morgan fingerprint density at radius 1 is 1.35 bits per heavy atom. The molecule has 1 aromatic carbocycles. The lowest BCUT2D eigenvalue weighted by molar-refractivity contribution is -0.136. The van der Waals surface area contributed by atoms with Crippen LogP contribution in [0.25, 0.3) is 0 Å². The van der Waals surface area contributed by atoms with E-state index >= 15 is 0 Å². The Bertz CT molecular complexity index is 468. The van der Waals surface area contributed by atoms with Crippen LogP contribution in [0.15, 0.2) is 18.2 Å². The molecule has 0 aromatic heterocycles. The van der Waals surface area contributed by atoms with Gasteiger partial charge in [0.25, 0.3) is 0 Å². The lowest BCUT2D eigenvalue weighted by Gasteiger charge is -2.08. The summed E-state index contributed by atoms with van der Waals surface area (Å²) in [4.78, 5) is 28.1. The van der Waals surface area contributed by atoms with Gasteiger partial charge < -0.3 is 20.6 Å². The van der Waals surface area contributed by atoms with Gasteiger partial charge in [-0.1, -0.05) is 12.1 Å². The van der Waals surface area contributed by atoms with Gasteiger partial charge in [0.2, 0.25) is 0 Å². The molecule has 0 aliphatic heterocycles. The number of hydrogen-bond acceptors (Lipinski definition) is 3. The Labute approximate surface area is 98.2 Å². The number of nitrogens with two attached hydrogens (primary N) is 1. The smallest absolute Gasteiger partial charge is 0.325 e. The molecule has 0 saturated carbocycles. The van der Waals surface area contributed by atoms with Crippen LogP contribution in [0, 0.1) is 0 Å². The van der Waals surface area contributed by atoms with E-state index < -0.39 is 13.6 Å². The number of rotatable bonds is 5. The van der Waals surface area contributed by atoms with Crippen molar-refractivity contribution in [2.24, 2.45) is 0 Å². The minimum Gasteiger partial charge on any atom is -0.481 e. The molecule has 1 rings (SSSR count). The first-order valence-electron chi connectivity index (χ1n) is 4.91. The van der Waals surface area contributed by atoms with Crippen molar-refractivity contribution in [2.45, 2.75) is 12.8 Å². The van der Waals surface area contributed by atoms with E-state index in [1.54, 1.807) is 18.2 Å². The van der Waals surface area contributed by atoms with Crippen LogP contribution in [0.5, 0.6) is 0 Å². The van der Waals surface area contributed by atoms with Gasteiger partial charge in [0.05, 0.1) is 12.6 Å². The van der Waals surface area contributed by atoms with Crippen LogP contribution in [0.1, 0.15) is 11.1 Å². The van der Waals surface area contributed by atoms with E-state index in [0.29, 0.717) is 16.8 Å². The minimum atomic E-state index is -4.03. The molecular formula is C10H14NO5P. The van der Waals surface area contributed by atoms with Crippen LogP contribution < -0.4 is 5.73 Å². The van der Waals surface area contributed by atoms with E-state index in [9.17, 15) is 9.36 Å². The number of aliphatic carboxylic acids is 1. The van der Waals surface area contributed by atoms with Gasteiger partial charge in [0.15, 0.2) is 0 Å². The van der Waals surface area contributed by atoms with Gasteiger partial charge in [0, 0.05) is 5.69 Å². The maximum absolute atomic E-state index is 10.7. The van der Waals surface area contributed by atoms with Gasteiger partial charge in [-0.25, -0.2) is 0 Å². The maximum atomic E-state index is 10.7. The van der Waals surface area contributed by atoms with Gasteiger partial charge in [0.1, 0.15) is 0 Å². The fraction of sp³-hybridized carbons (Fsp3) is 0.300. The number of carbonyl (C=O) groups is 1. The third-order valence-corrected chi connectivity index (χ3v) is 3.05. The highest BCUT2D eigenvalue weighted by Crippen LogP contribution is 2.35. The highest BCUT2D eigenvalue weighted by atomic mass is 31.2. The Kier molecular flexibility index (Phi) is 4.28. The Morgan fingerprint density at radius 2 is 2.00 bits per heavy atom. The Hall–Kier alpha value is -1.36. The highest BCUT2D eigenvalue weighted by molar-refractivity contribution is 7.51. The van der Waals surface area contributed by atoms with E-state index in [2.05, 4.69) is 0 Å². The Morgan fingerprint density at radius 3 is 2.53 bits per heavy atom. The summed E-state index contributed by atoms with van der Waals surface area (Å²) in [5.74, 6) is -0.996. The standard InChI is InChI=1S/C10H14NO5P/c11-9-2-1-7(3-4-17(14,15)16)5-8(9)6-10(12)13/h1-2,5H,3-4,6,11H2,(H,12,13)(H2,14,15,16). The zero-order valence-corrected chi connectivity index (χ0v) is 9.93. The van der Waals surface area contributed by atoms with E-state index in [1.165, 1.54) is 0 Å². The minimum absolute atomic E-state index is 0.192. The lowest BCUT2D eigenvalue weighted by atomic mass is 10.0. The van der Waals surface area contributed by atoms with Crippen molar-refractivity contribution in [1.82, 2.24) is 0 Å². The zero-order valence-electron chi connectivity index (χ0n) is 9.04. The average Bonchev–Trinajstić information content (AvgIpc) is 2.17. The van der Waals surface area contributed by atoms with Crippen molar-refractivity contribution >= 4 is 19.3 Å². The van der Waals surface area contributed by atoms with Crippen LogP contribution in [-0.2, 0) is 22.2 Å². The normalized spacial score (nSPS) is 11.4. The average molecular weight is 259 g/mol. The van der Waals surface area contributed by atoms with Crippen molar-refractivity contribution in [3.63, 3.8) is 0 Å². The molecule has 6 nitrogen and oxygen atoms in total. The van der Waals surface area contributed by atoms with Crippen molar-refractivity contribution in [1.29, 1.82) is 0 Å². The second kappa shape index (κ2) is 5.31. The number of carboxylic acid groups (broad SMARTS) is 1. The summed E-state index contributed by atoms with van der Waals surface area (Å²) >= 11 is 0. The number of benzene rings is 1. The summed E-state index contributed by atoms with van der Waals surface area (Å²) in [6.45, 7) is 0. The molecule has 94 valence electrons. The molecule has 0 spiro atoms. The molecular weight excluding hydrogens is 245 g/mol. The monoisotopic (exact) mass is 259 g/mol. The van der Waals surface area contributed by atoms with E-state index in [4.69, 9.17) is 20.6 Å². The van der Waals surface area contributed by atoms with Crippen molar-refractivity contribution in [3.05, 3.63) is 29.3 Å². The largest absolute Gasteiger partial charge is 0.481 e. The Balaban J connectivity index is 2.81. The first-order chi connectivity index (χ1) is 7.78. The first-order valence-corrected chi connectivity index (χ1v) is 6.71. The molecule has 0 aliphatic rings. The number of nitrogen functional groups attached to an aromatic ring is 1. The van der Waals surface area contributed by atoms with E-state index in [0.717, 1.165) is 0 Å². The maximum Gasteiger partial charge on any atom is 0.325 e. The molecule has 0 fully saturated rings. The molecule has 0 atom stereocenters. The molecule has 0 amide bonds. The SMILES string of the molecule is Nc1ccc(CCP(=O)(O)O)cc1CC(=O)O. The number of carboxylic acids is 1. The number of aryl methyl sites for hydroxylation is 1. The molecule has 17 heavy (non-hydrogen) atoms. The third kappa shape index (κ3) is 4.99. The lowest BCUT2D eigenvalue weighted by Crippen LogP contribution is -2.05. The highest BCUT2D eigenvalue weighted by Gasteiger charge is 2.13. The van der Waals surface area contributed by atoms with Crippen LogP contribution in [0.3, 0.4) is 0 Å². The summed E-state index contributed by atoms with van der Waals surface area (Å²) in [6, 6.07) is 4.75. The van der Waals surface area contributed by atoms with Crippen molar-refractivity contribution < 1.29 is 24.3 Å². The molecule has 0 radical (unpaired) electrons. The van der Waals surface area contributed by atoms with Crippen LogP contribution in [-0.4, -0.2) is 27.0 Å². The fourth-order valence-electron chi connectivity index (χ4n) is 1.41. The van der Waals surface area contributed by atoms with Crippen molar-refractivity contribution in [2.75, 3.05) is 11.9 Å². The predicted octanol–water partition coefficient (Wildman–Crippen LogP) is 0.616. The van der Waals surface area contributed by atoms with Crippen LogP contribution in [0.4, 0.5) is 5.69 Å². The fourth-order valence-corrected chi connectivity index (χ4v) is 1.95. The van der Waals surface area contributed by atoms with E-state index in [1.807, 2.05) is 0 Å². The van der Waals surface area contributed by atoms with Gasteiger partial charge in [-0.3, -0.25) is 9.36 Å². The molecule has 1 aromatic rings. The summed E-state index contributed by atoms with van der Waals surface area (Å²) in [5.41, 5.74) is 7.10. The molecule has 0 heterocycles. The van der Waals surface area contributed by atoms with Gasteiger partial charge in [-0.2, -0.15) is 0 Å². The zero-order chi connectivity index (χ0) is 13.1. The van der Waals surface area contributed by atoms with Gasteiger partial charge in [-0.05, 0) is 23.6 Å². The van der Waals surface area contributed by atoms with Crippen LogP contribution >= 0.6 is 7.60 Å². The number of hydrogen-bond donors (Lipinski definition) is 4. The summed E-state index contributed by atoms with van der Waals surface area (Å²) in [6.07, 6.45) is -0.268. The summed E-state index contributed by atoms with van der Waals surface area (Å²) in [5, 5.41) is 8.66. The van der Waals surface area contributed by atoms with E-state index in [-0.39, 0.29) is 19.0 Å². The summed E-state index contributed by atoms with van der Waals surface area (Å²) in [7, 11) is -4.03. The first kappa shape index (κ1) is 13.7. The van der Waals surface area contributed by atoms with Crippen molar-refractivity contribution in [3.8, 4) is 0 Å². The summed E-state index contributed by atoms with van der Waals surface area (Å²) < 4.78 is 10.7. The third-order valence-electron chi connectivity index (χ3n) is 2.24. The predicted molar refractivity (Wildman–Crippen MR) is 62.8 cm³/mol. The molecule has 0 saturated heterocycles. The second-order valence-corrected chi connectivity index (χ2v) is 5.52. The van der Waals surface area contributed by atoms with Gasteiger partial charge in [-0.15, -0.1) is 0 Å². The number of anilines is 1. The molecule has 0 unspecified atom stereocenters. The topological polar surface area (TPSA) is 121 Å². The molecule has 0 aliphatic carbocycles.